The van der Waals surface area contributed by atoms with E-state index < -0.39 is 17.9 Å². The molecule has 206 valence electrons. The molecule has 5 heterocycles. The van der Waals surface area contributed by atoms with Crippen molar-refractivity contribution >= 4 is 34.5 Å². The average molecular weight is 569 g/mol. The molecular weight excluding hydrogens is 545 g/mol. The van der Waals surface area contributed by atoms with Gasteiger partial charge in [-0.25, -0.2) is 4.98 Å². The molecule has 4 aromatic rings. The van der Waals surface area contributed by atoms with Gasteiger partial charge in [0.1, 0.15) is 0 Å². The highest BCUT2D eigenvalue weighted by Crippen LogP contribution is 2.36. The minimum absolute atomic E-state index is 0.0826. The number of carbonyl (C=O) groups is 1. The van der Waals surface area contributed by atoms with Gasteiger partial charge in [0.2, 0.25) is 0 Å². The number of hydrogen-bond donors (Lipinski definition) is 1. The number of Topliss-reactive ketones (excluding diaryl/α,β-unsaturated/α-hetero) is 1. The lowest BCUT2D eigenvalue weighted by Gasteiger charge is -2.30. The van der Waals surface area contributed by atoms with Gasteiger partial charge in [0.15, 0.2) is 17.6 Å². The Bertz CT molecular complexity index is 1580. The van der Waals surface area contributed by atoms with Crippen molar-refractivity contribution in [2.75, 3.05) is 36.5 Å². The zero-order chi connectivity index (χ0) is 27.9. The van der Waals surface area contributed by atoms with Gasteiger partial charge >= 0.3 is 12.2 Å². The van der Waals surface area contributed by atoms with Gasteiger partial charge in [-0.2, -0.15) is 13.2 Å². The predicted octanol–water partition coefficient (Wildman–Crippen LogP) is 4.76. The number of thiophene rings is 1. The maximum absolute atomic E-state index is 13.5. The number of nitrogens with zero attached hydrogens (tertiary/aromatic N) is 5. The Morgan fingerprint density at radius 3 is 2.62 bits per heavy atom. The van der Waals surface area contributed by atoms with Gasteiger partial charge in [0, 0.05) is 46.6 Å². The Balaban J connectivity index is 1.33. The number of carbonyl (C=O) groups excluding carboxylic acids is 1. The first kappa shape index (κ1) is 26.1. The number of rotatable bonds is 5. The fourth-order valence-corrected chi connectivity index (χ4v) is 5.72. The van der Waals surface area contributed by atoms with Crippen LogP contribution in [-0.4, -0.2) is 59.1 Å². The monoisotopic (exact) mass is 568 g/mol. The van der Waals surface area contributed by atoms with Gasteiger partial charge in [0.25, 0.3) is 5.89 Å². The minimum Gasteiger partial charge on any atom is -0.402 e. The lowest BCUT2D eigenvalue weighted by molar-refractivity contribution is -0.137. The fourth-order valence-electron chi connectivity index (χ4n) is 4.67. The summed E-state index contributed by atoms with van der Waals surface area (Å²) in [4.78, 5) is 25.8. The maximum atomic E-state index is 13.5. The average Bonchev–Trinajstić information content (AvgIpc) is 3.54. The number of morpholine rings is 1. The molecule has 1 N–H and O–H groups in total. The van der Waals surface area contributed by atoms with E-state index in [2.05, 4.69) is 20.5 Å². The molecule has 2 aliphatic heterocycles. The van der Waals surface area contributed by atoms with Gasteiger partial charge in [-0.05, 0) is 19.1 Å². The summed E-state index contributed by atoms with van der Waals surface area (Å²) in [5.74, 6) is -0.267. The number of halogens is 3. The van der Waals surface area contributed by atoms with E-state index in [9.17, 15) is 18.0 Å². The molecule has 0 bridgehead atoms. The molecule has 1 atom stereocenters. The fraction of sp³-hybridized carbons (Fsp3) is 0.296. The number of benzene rings is 1. The van der Waals surface area contributed by atoms with Crippen molar-refractivity contribution in [3.63, 3.8) is 0 Å². The Morgan fingerprint density at radius 2 is 1.88 bits per heavy atom. The van der Waals surface area contributed by atoms with E-state index in [1.165, 1.54) is 0 Å². The minimum atomic E-state index is -4.57. The number of fused-ring (bicyclic) bond motifs is 1. The van der Waals surface area contributed by atoms with Crippen LogP contribution in [0.1, 0.15) is 26.4 Å². The molecule has 3 aromatic heterocycles. The Hall–Kier alpha value is -4.10. The summed E-state index contributed by atoms with van der Waals surface area (Å²) >= 11 is 1.55. The van der Waals surface area contributed by atoms with Crippen molar-refractivity contribution in [3.8, 4) is 11.6 Å². The number of hydrogen-bond acceptors (Lipinski definition) is 10. The molecule has 0 radical (unpaired) electrons. The molecule has 2 aliphatic rings. The summed E-state index contributed by atoms with van der Waals surface area (Å²) in [7, 11) is 0. The van der Waals surface area contributed by atoms with E-state index in [0.717, 1.165) is 33.1 Å². The summed E-state index contributed by atoms with van der Waals surface area (Å²) in [5, 5.41) is 11.0. The number of ketones is 1. The van der Waals surface area contributed by atoms with Crippen LogP contribution in [0.4, 0.5) is 24.9 Å². The van der Waals surface area contributed by atoms with Gasteiger partial charge in [-0.3, -0.25) is 9.79 Å². The zero-order valence-corrected chi connectivity index (χ0v) is 22.1. The molecule has 6 rings (SSSR count). The summed E-state index contributed by atoms with van der Waals surface area (Å²) in [6, 6.07) is 12.5. The second-order valence-corrected chi connectivity index (χ2v) is 10.7. The molecule has 1 aromatic carbocycles. The standard InChI is InChI=1S/C27H23F3N6O3S/c1-15-11-18-21(40-15)13-20(37)24(32-22(18)16-5-3-2-4-6-16)33-26-35-34-25(39-26)23-19(36-7-9-38-10-8-36)12-17(14-31-23)27(28,29)30/h2-6,11-12,14,24H,7-10,13H2,1H3,(H,33,35)/t24-/m0/s1. The Kier molecular flexibility index (Phi) is 6.84. The summed E-state index contributed by atoms with van der Waals surface area (Å²) in [6.45, 7) is 3.48. The molecule has 1 saturated heterocycles. The van der Waals surface area contributed by atoms with E-state index in [-0.39, 0.29) is 35.5 Å². The van der Waals surface area contributed by atoms with Gasteiger partial charge in [-0.1, -0.05) is 35.4 Å². The largest absolute Gasteiger partial charge is 0.417 e. The molecule has 0 saturated carbocycles. The van der Waals surface area contributed by atoms with E-state index in [0.29, 0.717) is 32.0 Å². The van der Waals surface area contributed by atoms with Crippen molar-refractivity contribution in [2.45, 2.75) is 25.7 Å². The van der Waals surface area contributed by atoms with E-state index in [4.69, 9.17) is 14.1 Å². The predicted molar refractivity (Wildman–Crippen MR) is 143 cm³/mol. The number of ether oxygens (including phenoxy) is 1. The third-order valence-electron chi connectivity index (χ3n) is 6.57. The normalized spacial score (nSPS) is 17.8. The zero-order valence-electron chi connectivity index (χ0n) is 21.2. The molecule has 0 aliphatic carbocycles. The van der Waals surface area contributed by atoms with Crippen molar-refractivity contribution in [3.05, 3.63) is 75.1 Å². The van der Waals surface area contributed by atoms with Crippen LogP contribution in [0.25, 0.3) is 11.6 Å². The summed E-state index contributed by atoms with van der Waals surface area (Å²) < 4.78 is 51.5. The molecule has 40 heavy (non-hydrogen) atoms. The quantitative estimate of drug-likeness (QED) is 0.368. The first-order valence-corrected chi connectivity index (χ1v) is 13.3. The van der Waals surface area contributed by atoms with Crippen LogP contribution in [0.5, 0.6) is 0 Å². The van der Waals surface area contributed by atoms with Crippen LogP contribution in [0.15, 0.2) is 58.1 Å². The van der Waals surface area contributed by atoms with Crippen molar-refractivity contribution in [1.29, 1.82) is 0 Å². The number of aryl methyl sites for hydroxylation is 1. The number of nitrogens with one attached hydrogen (secondary N) is 1. The van der Waals surface area contributed by atoms with Crippen LogP contribution in [0.2, 0.25) is 0 Å². The van der Waals surface area contributed by atoms with Gasteiger partial charge in [-0.15, -0.1) is 16.4 Å². The van der Waals surface area contributed by atoms with E-state index >= 15 is 0 Å². The smallest absolute Gasteiger partial charge is 0.402 e. The highest BCUT2D eigenvalue weighted by molar-refractivity contribution is 7.12. The van der Waals surface area contributed by atoms with Crippen molar-refractivity contribution in [2.24, 2.45) is 4.99 Å². The van der Waals surface area contributed by atoms with E-state index in [1.807, 2.05) is 43.3 Å². The first-order valence-electron chi connectivity index (χ1n) is 12.5. The second kappa shape index (κ2) is 10.5. The summed E-state index contributed by atoms with van der Waals surface area (Å²) in [6.07, 6.45) is -4.67. The number of pyridine rings is 1. The van der Waals surface area contributed by atoms with Crippen LogP contribution in [0, 0.1) is 6.92 Å². The van der Waals surface area contributed by atoms with Gasteiger partial charge in [0.05, 0.1) is 30.2 Å². The van der Waals surface area contributed by atoms with Gasteiger partial charge < -0.3 is 19.4 Å². The van der Waals surface area contributed by atoms with Crippen molar-refractivity contribution < 1.29 is 27.1 Å². The molecular formula is C27H23F3N6O3S. The number of aromatic nitrogens is 3. The molecule has 1 fully saturated rings. The van der Waals surface area contributed by atoms with Crippen LogP contribution >= 0.6 is 11.3 Å². The summed E-state index contributed by atoms with van der Waals surface area (Å²) in [5.41, 5.74) is 1.86. The van der Waals surface area contributed by atoms with Crippen molar-refractivity contribution in [1.82, 2.24) is 15.2 Å². The molecule has 0 unspecified atom stereocenters. The van der Waals surface area contributed by atoms with Crippen LogP contribution < -0.4 is 10.2 Å². The number of alkyl halides is 3. The molecule has 0 spiro atoms. The molecule has 0 amide bonds. The highest BCUT2D eigenvalue weighted by Gasteiger charge is 2.34. The van der Waals surface area contributed by atoms with Crippen LogP contribution in [-0.2, 0) is 22.1 Å². The Labute approximate surface area is 230 Å². The highest BCUT2D eigenvalue weighted by atomic mass is 32.1. The first-order chi connectivity index (χ1) is 19.3. The Morgan fingerprint density at radius 1 is 1.10 bits per heavy atom. The lowest BCUT2D eigenvalue weighted by Crippen LogP contribution is -2.36. The lowest BCUT2D eigenvalue weighted by atomic mass is 10.0. The topological polar surface area (TPSA) is 106 Å². The van der Waals surface area contributed by atoms with E-state index in [1.54, 1.807) is 16.2 Å². The van der Waals surface area contributed by atoms with Crippen LogP contribution in [0.3, 0.4) is 0 Å². The number of anilines is 2. The third kappa shape index (κ3) is 5.21. The second-order valence-electron chi connectivity index (χ2n) is 9.33. The third-order valence-corrected chi connectivity index (χ3v) is 7.62. The molecule has 13 heteroatoms. The maximum Gasteiger partial charge on any atom is 0.417 e. The molecule has 9 nitrogen and oxygen atoms in total. The number of aliphatic imine (C=N–C) groups is 1. The SMILES string of the molecule is Cc1cc2c(s1)CC(=O)[C@H](Nc1nnc(-c3ncc(C(F)(F)F)cc3N3CCOCC3)o1)N=C2c1ccccc1.